The summed E-state index contributed by atoms with van der Waals surface area (Å²) in [6.07, 6.45) is 3.58. The van der Waals surface area contributed by atoms with Crippen molar-refractivity contribution >= 4 is 34.8 Å². The monoisotopic (exact) mass is 335 g/mol. The summed E-state index contributed by atoms with van der Waals surface area (Å²) in [4.78, 5) is 21.2. The van der Waals surface area contributed by atoms with Crippen LogP contribution in [0.2, 0.25) is 0 Å². The van der Waals surface area contributed by atoms with Gasteiger partial charge in [0.25, 0.3) is 0 Å². The maximum Gasteiger partial charge on any atom is 0.220 e. The fourth-order valence-electron chi connectivity index (χ4n) is 2.37. The number of carbonyl (C=O) groups is 1. The highest BCUT2D eigenvalue weighted by Crippen LogP contribution is 2.41. The van der Waals surface area contributed by atoms with Crippen molar-refractivity contribution < 1.29 is 4.79 Å². The highest BCUT2D eigenvalue weighted by molar-refractivity contribution is 8.01. The normalized spacial score (nSPS) is 27.5. The van der Waals surface area contributed by atoms with Crippen molar-refractivity contribution in [1.29, 1.82) is 0 Å². The molecule has 3 heterocycles. The van der Waals surface area contributed by atoms with E-state index in [1.54, 1.807) is 29.3 Å². The molecule has 2 atom stereocenters. The Kier molecular flexibility index (Phi) is 4.07. The van der Waals surface area contributed by atoms with Crippen LogP contribution in [-0.4, -0.2) is 26.7 Å². The first kappa shape index (κ1) is 15.3. The van der Waals surface area contributed by atoms with E-state index in [2.05, 4.69) is 32.8 Å². The Morgan fingerprint density at radius 1 is 1.45 bits per heavy atom. The van der Waals surface area contributed by atoms with Gasteiger partial charge in [-0.15, -0.1) is 11.3 Å². The van der Waals surface area contributed by atoms with E-state index in [1.165, 1.54) is 6.92 Å². The zero-order valence-corrected chi connectivity index (χ0v) is 13.9. The minimum atomic E-state index is -0.793. The Balaban J connectivity index is 1.87. The van der Waals surface area contributed by atoms with Gasteiger partial charge in [0.2, 0.25) is 11.0 Å². The molecular formula is C14H17N5OS2. The number of carbonyl (C=O) groups excluding carboxylic acids is 1. The molecular weight excluding hydrogens is 318 g/mol. The first-order chi connectivity index (χ1) is 10.5. The molecule has 1 aliphatic rings. The molecule has 6 nitrogen and oxygen atoms in total. The van der Waals surface area contributed by atoms with Gasteiger partial charge >= 0.3 is 0 Å². The van der Waals surface area contributed by atoms with Crippen LogP contribution in [0.15, 0.2) is 36.1 Å². The number of thioether (sulfide) groups is 1. The molecule has 1 fully saturated rings. The molecule has 1 amide bonds. The maximum atomic E-state index is 11.7. The minimum absolute atomic E-state index is 0.114. The predicted octanol–water partition coefficient (Wildman–Crippen LogP) is 1.95. The first-order valence-electron chi connectivity index (χ1n) is 6.82. The Morgan fingerprint density at radius 2 is 2.32 bits per heavy atom. The van der Waals surface area contributed by atoms with Gasteiger partial charge in [-0.05, 0) is 19.1 Å². The van der Waals surface area contributed by atoms with E-state index in [9.17, 15) is 4.79 Å². The van der Waals surface area contributed by atoms with Crippen LogP contribution < -0.4 is 16.0 Å². The second-order valence-corrected chi connectivity index (χ2v) is 7.39. The molecule has 3 rings (SSSR count). The van der Waals surface area contributed by atoms with E-state index in [0.29, 0.717) is 5.82 Å². The van der Waals surface area contributed by atoms with Crippen molar-refractivity contribution in [3.8, 4) is 0 Å². The predicted molar refractivity (Wildman–Crippen MR) is 89.5 cm³/mol. The molecule has 1 saturated heterocycles. The van der Waals surface area contributed by atoms with E-state index in [0.717, 1.165) is 10.6 Å². The minimum Gasteiger partial charge on any atom is -0.326 e. The average molecular weight is 335 g/mol. The van der Waals surface area contributed by atoms with Crippen LogP contribution >= 0.6 is 23.1 Å². The van der Waals surface area contributed by atoms with Crippen molar-refractivity contribution in [2.75, 3.05) is 11.1 Å². The summed E-state index contributed by atoms with van der Waals surface area (Å²) in [5.41, 5.74) is 1.55. The number of aromatic nitrogens is 2. The number of hydrogen-bond donors (Lipinski definition) is 3. The summed E-state index contributed by atoms with van der Waals surface area (Å²) >= 11 is 3.20. The van der Waals surface area contributed by atoms with Gasteiger partial charge in [0, 0.05) is 29.9 Å². The van der Waals surface area contributed by atoms with E-state index in [4.69, 9.17) is 0 Å². The lowest BCUT2D eigenvalue weighted by Gasteiger charge is -2.34. The maximum absolute atomic E-state index is 11.7. The van der Waals surface area contributed by atoms with Crippen LogP contribution in [0.1, 0.15) is 18.7 Å². The van der Waals surface area contributed by atoms with Crippen molar-refractivity contribution in [2.24, 2.45) is 0 Å². The van der Waals surface area contributed by atoms with Crippen molar-refractivity contribution in [3.05, 3.63) is 41.0 Å². The lowest BCUT2D eigenvalue weighted by atomic mass is 10.0. The average Bonchev–Trinajstić information content (AvgIpc) is 3.09. The largest absolute Gasteiger partial charge is 0.326 e. The van der Waals surface area contributed by atoms with Crippen LogP contribution in [-0.2, 0) is 10.3 Å². The van der Waals surface area contributed by atoms with Crippen molar-refractivity contribution in [2.45, 2.75) is 24.5 Å². The highest BCUT2D eigenvalue weighted by Gasteiger charge is 2.48. The lowest BCUT2D eigenvalue weighted by molar-refractivity contribution is -0.120. The molecule has 22 heavy (non-hydrogen) atoms. The number of amides is 1. The molecule has 0 bridgehead atoms. The zero-order valence-electron chi connectivity index (χ0n) is 12.3. The van der Waals surface area contributed by atoms with Crippen molar-refractivity contribution in [3.63, 3.8) is 0 Å². The second kappa shape index (κ2) is 5.86. The summed E-state index contributed by atoms with van der Waals surface area (Å²) < 4.78 is 0. The third kappa shape index (κ3) is 3.08. The molecule has 0 spiro atoms. The Labute approximate surface area is 137 Å². The summed E-state index contributed by atoms with van der Waals surface area (Å²) in [6.45, 7) is 3.61. The molecule has 1 aliphatic heterocycles. The molecule has 116 valence electrons. The number of pyridine rings is 1. The summed E-state index contributed by atoms with van der Waals surface area (Å²) in [6, 6.07) is 5.62. The van der Waals surface area contributed by atoms with Gasteiger partial charge < -0.3 is 10.6 Å². The number of anilines is 1. The van der Waals surface area contributed by atoms with Gasteiger partial charge in [-0.1, -0.05) is 17.8 Å². The Bertz CT molecular complexity index is 651. The van der Waals surface area contributed by atoms with Gasteiger partial charge in [0.05, 0.1) is 11.0 Å². The molecule has 2 aromatic rings. The summed E-state index contributed by atoms with van der Waals surface area (Å²) in [5, 5.41) is 8.98. The van der Waals surface area contributed by atoms with E-state index >= 15 is 0 Å². The van der Waals surface area contributed by atoms with Gasteiger partial charge in [-0.3, -0.25) is 15.1 Å². The van der Waals surface area contributed by atoms with E-state index in [1.807, 2.05) is 29.9 Å². The smallest absolute Gasteiger partial charge is 0.220 e. The van der Waals surface area contributed by atoms with Crippen molar-refractivity contribution in [1.82, 2.24) is 20.6 Å². The molecule has 0 aromatic carbocycles. The SMILES string of the molecule is CC(=O)NC1(Nc2ccccn2)NC(C)(c2cncs2)CS1. The number of rotatable bonds is 4. The van der Waals surface area contributed by atoms with E-state index < -0.39 is 5.12 Å². The third-order valence-electron chi connectivity index (χ3n) is 3.33. The van der Waals surface area contributed by atoms with Gasteiger partial charge in [-0.25, -0.2) is 4.98 Å². The molecule has 0 saturated carbocycles. The zero-order chi connectivity index (χ0) is 15.6. The van der Waals surface area contributed by atoms with Gasteiger partial charge in [-0.2, -0.15) is 0 Å². The molecule has 3 N–H and O–H groups in total. The molecule has 8 heteroatoms. The Morgan fingerprint density at radius 3 is 2.95 bits per heavy atom. The third-order valence-corrected chi connectivity index (χ3v) is 5.82. The van der Waals surface area contributed by atoms with Gasteiger partial charge in [0.1, 0.15) is 5.82 Å². The quantitative estimate of drug-likeness (QED) is 0.741. The molecule has 2 unspecified atom stereocenters. The van der Waals surface area contributed by atoms with E-state index in [-0.39, 0.29) is 11.4 Å². The summed E-state index contributed by atoms with van der Waals surface area (Å²) in [5.74, 6) is 1.39. The second-order valence-electron chi connectivity index (χ2n) is 5.31. The van der Waals surface area contributed by atoms with Crippen LogP contribution in [0.3, 0.4) is 0 Å². The number of thiazole rings is 1. The molecule has 0 radical (unpaired) electrons. The fourth-order valence-corrected chi connectivity index (χ4v) is 4.62. The number of nitrogens with one attached hydrogen (secondary N) is 3. The van der Waals surface area contributed by atoms with Crippen LogP contribution in [0.25, 0.3) is 0 Å². The standard InChI is InChI=1S/C14H17N5OS2/c1-10(20)17-14(18-12-5-3-4-6-16-12)19-13(2,8-22-14)11-7-15-9-21-11/h3-7,9,19H,8H2,1-2H3,(H,16,18)(H,17,20). The number of nitrogens with zero attached hydrogens (tertiary/aromatic N) is 2. The topological polar surface area (TPSA) is 78.9 Å². The highest BCUT2D eigenvalue weighted by atomic mass is 32.2. The molecule has 0 aliphatic carbocycles. The summed E-state index contributed by atoms with van der Waals surface area (Å²) in [7, 11) is 0. The first-order valence-corrected chi connectivity index (χ1v) is 8.68. The fraction of sp³-hybridized carbons (Fsp3) is 0.357. The Hall–Kier alpha value is -1.64. The van der Waals surface area contributed by atoms with Crippen LogP contribution in [0, 0.1) is 0 Å². The number of hydrogen-bond acceptors (Lipinski definition) is 7. The lowest BCUT2D eigenvalue weighted by Crippen LogP contribution is -2.61. The van der Waals surface area contributed by atoms with Gasteiger partial charge in [0.15, 0.2) is 0 Å². The van der Waals surface area contributed by atoms with Crippen LogP contribution in [0.4, 0.5) is 5.82 Å². The molecule has 2 aromatic heterocycles. The van der Waals surface area contributed by atoms with Crippen LogP contribution in [0.5, 0.6) is 0 Å².